The topological polar surface area (TPSA) is 55.8 Å². The Labute approximate surface area is 131 Å². The Bertz CT molecular complexity index is 477. The second-order valence-corrected chi connectivity index (χ2v) is 5.27. The molecule has 1 aliphatic heterocycles. The summed E-state index contributed by atoms with van der Waals surface area (Å²) in [4.78, 5) is 26.2. The number of carbonyl (C=O) groups excluding carboxylic acids is 2. The van der Waals surface area contributed by atoms with Crippen LogP contribution in [-0.4, -0.2) is 42.1 Å². The summed E-state index contributed by atoms with van der Waals surface area (Å²) < 4.78 is 10.3. The van der Waals surface area contributed by atoms with Gasteiger partial charge in [-0.3, -0.25) is 14.5 Å². The highest BCUT2D eigenvalue weighted by atomic mass is 16.5. The lowest BCUT2D eigenvalue weighted by molar-refractivity contribution is -0.153. The van der Waals surface area contributed by atoms with Crippen molar-refractivity contribution in [1.82, 2.24) is 4.90 Å². The normalized spacial score (nSPS) is 21.5. The molecule has 2 rings (SSSR count). The molecule has 0 aromatic heterocycles. The van der Waals surface area contributed by atoms with Crippen LogP contribution in [0.25, 0.3) is 0 Å². The SMILES string of the molecule is CCOC(=O)C1CC[C@H](C(=O)OCC)N1Cc1ccccc1. The van der Waals surface area contributed by atoms with Crippen molar-refractivity contribution in [2.24, 2.45) is 0 Å². The minimum Gasteiger partial charge on any atom is -0.465 e. The maximum absolute atomic E-state index is 12.2. The molecule has 1 aliphatic rings. The molecule has 2 atom stereocenters. The van der Waals surface area contributed by atoms with E-state index in [2.05, 4.69) is 0 Å². The van der Waals surface area contributed by atoms with Crippen molar-refractivity contribution in [3.63, 3.8) is 0 Å². The van der Waals surface area contributed by atoms with E-state index in [-0.39, 0.29) is 24.0 Å². The third kappa shape index (κ3) is 3.85. The van der Waals surface area contributed by atoms with Gasteiger partial charge in [0.15, 0.2) is 0 Å². The molecule has 1 heterocycles. The summed E-state index contributed by atoms with van der Waals surface area (Å²) in [5, 5.41) is 0. The molecular weight excluding hydrogens is 282 g/mol. The number of nitrogens with zero attached hydrogens (tertiary/aromatic N) is 1. The molecule has 5 nitrogen and oxygen atoms in total. The van der Waals surface area contributed by atoms with Gasteiger partial charge >= 0.3 is 11.9 Å². The number of ether oxygens (including phenoxy) is 2. The van der Waals surface area contributed by atoms with Gasteiger partial charge in [0.05, 0.1) is 13.2 Å². The maximum atomic E-state index is 12.2. The molecule has 1 aromatic carbocycles. The Balaban J connectivity index is 2.17. The first kappa shape index (κ1) is 16.5. The van der Waals surface area contributed by atoms with Gasteiger partial charge < -0.3 is 9.47 Å². The van der Waals surface area contributed by atoms with E-state index in [9.17, 15) is 9.59 Å². The third-order valence-corrected chi connectivity index (χ3v) is 3.84. The zero-order valence-corrected chi connectivity index (χ0v) is 13.2. The maximum Gasteiger partial charge on any atom is 0.323 e. The molecule has 0 bridgehead atoms. The molecular formula is C17H23NO4. The van der Waals surface area contributed by atoms with Crippen LogP contribution in [0.1, 0.15) is 32.3 Å². The molecule has 0 spiro atoms. The van der Waals surface area contributed by atoms with Crippen LogP contribution in [-0.2, 0) is 25.6 Å². The average Bonchev–Trinajstić information content (AvgIpc) is 2.92. The minimum atomic E-state index is -0.380. The van der Waals surface area contributed by atoms with Gasteiger partial charge in [-0.25, -0.2) is 0 Å². The van der Waals surface area contributed by atoms with Crippen molar-refractivity contribution < 1.29 is 19.1 Å². The van der Waals surface area contributed by atoms with Crippen molar-refractivity contribution in [3.8, 4) is 0 Å². The van der Waals surface area contributed by atoms with Crippen LogP contribution in [0.4, 0.5) is 0 Å². The number of benzene rings is 1. The average molecular weight is 305 g/mol. The lowest BCUT2D eigenvalue weighted by Gasteiger charge is -2.27. The first-order valence-electron chi connectivity index (χ1n) is 7.80. The van der Waals surface area contributed by atoms with Gasteiger partial charge in [-0.05, 0) is 32.3 Å². The standard InChI is InChI=1S/C17H23NO4/c1-3-21-16(19)14-10-11-15(17(20)22-4-2)18(14)12-13-8-6-5-7-9-13/h5-9,14-15H,3-4,10-12H2,1-2H3/t14-,15?/m1/s1. The van der Waals surface area contributed by atoms with Crippen LogP contribution >= 0.6 is 0 Å². The molecule has 1 aromatic rings. The summed E-state index contributed by atoms with van der Waals surface area (Å²) in [6, 6.07) is 9.06. The highest BCUT2D eigenvalue weighted by Crippen LogP contribution is 2.28. The van der Waals surface area contributed by atoms with E-state index >= 15 is 0 Å². The number of carbonyl (C=O) groups is 2. The van der Waals surface area contributed by atoms with Crippen LogP contribution in [0, 0.1) is 0 Å². The molecule has 1 fully saturated rings. The summed E-state index contributed by atoms with van der Waals surface area (Å²) >= 11 is 0. The summed E-state index contributed by atoms with van der Waals surface area (Å²) in [5.74, 6) is -0.518. The van der Waals surface area contributed by atoms with Crippen LogP contribution in [0.2, 0.25) is 0 Å². The molecule has 1 saturated heterocycles. The summed E-state index contributed by atoms with van der Waals surface area (Å²) in [7, 11) is 0. The van der Waals surface area contributed by atoms with E-state index in [4.69, 9.17) is 9.47 Å². The van der Waals surface area contributed by atoms with E-state index in [1.807, 2.05) is 35.2 Å². The van der Waals surface area contributed by atoms with Crippen LogP contribution < -0.4 is 0 Å². The van der Waals surface area contributed by atoms with E-state index in [1.165, 1.54) is 0 Å². The fraction of sp³-hybridized carbons (Fsp3) is 0.529. The molecule has 0 radical (unpaired) electrons. The lowest BCUT2D eigenvalue weighted by atomic mass is 10.2. The van der Waals surface area contributed by atoms with Crippen LogP contribution in [0.5, 0.6) is 0 Å². The molecule has 120 valence electrons. The summed E-state index contributed by atoms with van der Waals surface area (Å²) in [6.07, 6.45) is 1.24. The van der Waals surface area contributed by atoms with E-state index in [1.54, 1.807) is 13.8 Å². The highest BCUT2D eigenvalue weighted by molar-refractivity contribution is 5.81. The minimum absolute atomic E-state index is 0.259. The van der Waals surface area contributed by atoms with Gasteiger partial charge in [0.25, 0.3) is 0 Å². The number of hydrogen-bond donors (Lipinski definition) is 0. The van der Waals surface area contributed by atoms with Crippen molar-refractivity contribution in [2.45, 2.75) is 45.3 Å². The van der Waals surface area contributed by atoms with E-state index < -0.39 is 0 Å². The Morgan fingerprint density at radius 3 is 1.95 bits per heavy atom. The largest absolute Gasteiger partial charge is 0.465 e. The van der Waals surface area contributed by atoms with Crippen molar-refractivity contribution in [3.05, 3.63) is 35.9 Å². The first-order valence-corrected chi connectivity index (χ1v) is 7.80. The molecule has 0 N–H and O–H groups in total. The summed E-state index contributed by atoms with van der Waals surface area (Å²) in [5.41, 5.74) is 1.06. The predicted molar refractivity (Wildman–Crippen MR) is 82.1 cm³/mol. The molecule has 0 amide bonds. The van der Waals surface area contributed by atoms with Gasteiger partial charge in [-0.15, -0.1) is 0 Å². The molecule has 22 heavy (non-hydrogen) atoms. The van der Waals surface area contributed by atoms with Gasteiger partial charge in [0, 0.05) is 6.54 Å². The molecule has 5 heteroatoms. The number of hydrogen-bond acceptors (Lipinski definition) is 5. The number of esters is 2. The van der Waals surface area contributed by atoms with Gasteiger partial charge in [-0.1, -0.05) is 30.3 Å². The quantitative estimate of drug-likeness (QED) is 0.754. The van der Waals surface area contributed by atoms with Crippen molar-refractivity contribution >= 4 is 11.9 Å². The molecule has 0 saturated carbocycles. The lowest BCUT2D eigenvalue weighted by Crippen LogP contribution is -2.44. The van der Waals surface area contributed by atoms with Crippen LogP contribution in [0.3, 0.4) is 0 Å². The van der Waals surface area contributed by atoms with Gasteiger partial charge in [-0.2, -0.15) is 0 Å². The fourth-order valence-electron chi connectivity index (χ4n) is 2.86. The highest BCUT2D eigenvalue weighted by Gasteiger charge is 2.42. The Hall–Kier alpha value is -1.88. The fourth-order valence-corrected chi connectivity index (χ4v) is 2.86. The Morgan fingerprint density at radius 1 is 1.00 bits per heavy atom. The van der Waals surface area contributed by atoms with Crippen LogP contribution in [0.15, 0.2) is 30.3 Å². The van der Waals surface area contributed by atoms with Gasteiger partial charge in [0.1, 0.15) is 12.1 Å². The number of rotatable bonds is 6. The Kier molecular flexibility index (Phi) is 5.95. The smallest absolute Gasteiger partial charge is 0.323 e. The van der Waals surface area contributed by atoms with Gasteiger partial charge in [0.2, 0.25) is 0 Å². The second-order valence-electron chi connectivity index (χ2n) is 5.27. The number of likely N-dealkylation sites (tertiary alicyclic amines) is 1. The first-order chi connectivity index (χ1) is 10.7. The second kappa shape index (κ2) is 7.94. The zero-order chi connectivity index (χ0) is 15.9. The zero-order valence-electron chi connectivity index (χ0n) is 13.2. The van der Waals surface area contributed by atoms with Crippen molar-refractivity contribution in [2.75, 3.05) is 13.2 Å². The van der Waals surface area contributed by atoms with Crippen molar-refractivity contribution in [1.29, 1.82) is 0 Å². The predicted octanol–water partition coefficient (Wildman–Crippen LogP) is 2.15. The van der Waals surface area contributed by atoms with E-state index in [0.29, 0.717) is 32.6 Å². The monoisotopic (exact) mass is 305 g/mol. The molecule has 1 unspecified atom stereocenters. The third-order valence-electron chi connectivity index (χ3n) is 3.84. The summed E-state index contributed by atoms with van der Waals surface area (Å²) in [6.45, 7) is 4.80. The van der Waals surface area contributed by atoms with E-state index in [0.717, 1.165) is 5.56 Å². The molecule has 0 aliphatic carbocycles. The Morgan fingerprint density at radius 2 is 1.50 bits per heavy atom.